The lowest BCUT2D eigenvalue weighted by molar-refractivity contribution is 0.0695. The first-order valence-corrected chi connectivity index (χ1v) is 14.6. The molecule has 1 aliphatic rings. The summed E-state index contributed by atoms with van der Waals surface area (Å²) in [5.41, 5.74) is 2.87. The quantitative estimate of drug-likeness (QED) is 0.172. The number of carbonyl (C=O) groups excluding carboxylic acids is 3. The number of hydrogen-bond donors (Lipinski definition) is 4. The van der Waals surface area contributed by atoms with E-state index in [1.807, 2.05) is 0 Å². The maximum Gasteiger partial charge on any atom is 0.335 e. The first-order valence-electron chi connectivity index (χ1n) is 14.6. The molecule has 1 aliphatic carbocycles. The molecule has 13 heteroatoms. The number of fused-ring (bicyclic) bond motifs is 2. The van der Waals surface area contributed by atoms with Gasteiger partial charge < -0.3 is 20.8 Å². The van der Waals surface area contributed by atoms with Gasteiger partial charge >= 0.3 is 5.97 Å². The van der Waals surface area contributed by atoms with Gasteiger partial charge in [-0.2, -0.15) is 5.10 Å². The lowest BCUT2D eigenvalue weighted by atomic mass is 9.98. The van der Waals surface area contributed by atoms with Crippen molar-refractivity contribution in [1.82, 2.24) is 25.2 Å². The van der Waals surface area contributed by atoms with Gasteiger partial charge in [-0.15, -0.1) is 0 Å². The fourth-order valence-electron chi connectivity index (χ4n) is 5.80. The third kappa shape index (κ3) is 6.15. The van der Waals surface area contributed by atoms with E-state index in [-0.39, 0.29) is 52.4 Å². The molecule has 0 saturated carbocycles. The minimum absolute atomic E-state index is 0.0184. The topological polar surface area (TPSA) is 163 Å². The predicted molar refractivity (Wildman–Crippen MR) is 163 cm³/mol. The number of benzene rings is 3. The number of aromatic carboxylic acids is 1. The zero-order chi connectivity index (χ0) is 33.4. The largest absolute Gasteiger partial charge is 0.508 e. The number of halogens is 2. The Hall–Kier alpha value is -5.98. The predicted octanol–water partition coefficient (Wildman–Crippen LogP) is 4.49. The number of carboxylic acid groups (broad SMARTS) is 1. The van der Waals surface area contributed by atoms with Crippen molar-refractivity contribution in [3.8, 4) is 5.75 Å². The van der Waals surface area contributed by atoms with Gasteiger partial charge in [0.15, 0.2) is 23.1 Å². The smallest absolute Gasteiger partial charge is 0.335 e. The number of phenolic OH excluding ortho intramolecular Hbond substituents is 1. The molecule has 0 radical (unpaired) electrons. The standard InChI is InChI=1S/C34H27F2N5O6/c1-17-21-8-10-27(23(21)7-6-22(17)34(46)47)40-33(45)29-14-28(32(44)37-15-19-5-9-25(35)26(36)12-19)39-31-24(16-38-41(29)31)30(43)13-18-3-2-4-20(42)11-18/h2-7,9,11-12,14,16,27,42H,8,10,13,15H2,1H3,(H,37,44)(H,40,45)(H,46,47)/t27-/m0/s1. The van der Waals surface area contributed by atoms with Crippen molar-refractivity contribution in [2.24, 2.45) is 0 Å². The number of nitrogens with zero attached hydrogens (tertiary/aromatic N) is 3. The maximum atomic E-state index is 13.8. The minimum atomic E-state index is -1.08. The summed E-state index contributed by atoms with van der Waals surface area (Å²) in [6, 6.07) is 13.3. The van der Waals surface area contributed by atoms with Crippen LogP contribution in [0.3, 0.4) is 0 Å². The summed E-state index contributed by atoms with van der Waals surface area (Å²) in [4.78, 5) is 56.4. The second-order valence-corrected chi connectivity index (χ2v) is 11.2. The van der Waals surface area contributed by atoms with Gasteiger partial charge in [0.2, 0.25) is 0 Å². The molecule has 1 atom stereocenters. The van der Waals surface area contributed by atoms with Crippen LogP contribution >= 0.6 is 0 Å². The Balaban J connectivity index is 1.34. The Labute approximate surface area is 265 Å². The molecule has 0 bridgehead atoms. The number of aromatic nitrogens is 3. The van der Waals surface area contributed by atoms with E-state index in [2.05, 4.69) is 20.7 Å². The average Bonchev–Trinajstić information content (AvgIpc) is 3.66. The number of carbonyl (C=O) groups is 4. The molecular weight excluding hydrogens is 612 g/mol. The van der Waals surface area contributed by atoms with Crippen molar-refractivity contribution in [3.05, 3.63) is 129 Å². The van der Waals surface area contributed by atoms with E-state index in [0.29, 0.717) is 24.0 Å². The third-order valence-corrected chi connectivity index (χ3v) is 8.18. The summed E-state index contributed by atoms with van der Waals surface area (Å²) < 4.78 is 28.3. The number of amides is 2. The maximum absolute atomic E-state index is 13.8. The summed E-state index contributed by atoms with van der Waals surface area (Å²) in [6.45, 7) is 1.55. The highest BCUT2D eigenvalue weighted by atomic mass is 19.2. The number of carboxylic acids is 1. The fraction of sp³-hybridized carbons (Fsp3) is 0.176. The van der Waals surface area contributed by atoms with Crippen molar-refractivity contribution < 1.29 is 38.2 Å². The first kappa shape index (κ1) is 31.0. The molecule has 0 saturated heterocycles. The highest BCUT2D eigenvalue weighted by molar-refractivity contribution is 6.04. The van der Waals surface area contributed by atoms with Crippen LogP contribution in [0.4, 0.5) is 8.78 Å². The molecule has 11 nitrogen and oxygen atoms in total. The van der Waals surface area contributed by atoms with Gasteiger partial charge in [0.25, 0.3) is 11.8 Å². The van der Waals surface area contributed by atoms with Crippen molar-refractivity contribution in [2.75, 3.05) is 0 Å². The van der Waals surface area contributed by atoms with Crippen molar-refractivity contribution in [2.45, 2.75) is 38.8 Å². The zero-order valence-electron chi connectivity index (χ0n) is 24.9. The van der Waals surface area contributed by atoms with Gasteiger partial charge in [-0.05, 0) is 77.9 Å². The van der Waals surface area contributed by atoms with E-state index in [4.69, 9.17) is 0 Å². The molecule has 2 aromatic heterocycles. The van der Waals surface area contributed by atoms with Crippen molar-refractivity contribution in [3.63, 3.8) is 0 Å². The van der Waals surface area contributed by atoms with Crippen LogP contribution in [0.5, 0.6) is 5.75 Å². The minimum Gasteiger partial charge on any atom is -0.508 e. The van der Waals surface area contributed by atoms with Crippen LogP contribution in [0.1, 0.15) is 82.0 Å². The molecule has 3 aromatic carbocycles. The van der Waals surface area contributed by atoms with Gasteiger partial charge in [-0.25, -0.2) is 23.1 Å². The van der Waals surface area contributed by atoms with Gasteiger partial charge in [0.1, 0.15) is 17.1 Å². The summed E-state index contributed by atoms with van der Waals surface area (Å²) in [6.07, 6.45) is 2.18. The van der Waals surface area contributed by atoms with E-state index in [1.54, 1.807) is 25.1 Å². The molecule has 47 heavy (non-hydrogen) atoms. The Morgan fingerprint density at radius 1 is 0.957 bits per heavy atom. The number of aromatic hydroxyl groups is 1. The molecule has 2 amide bonds. The van der Waals surface area contributed by atoms with Gasteiger partial charge in [-0.1, -0.05) is 24.3 Å². The van der Waals surface area contributed by atoms with E-state index < -0.39 is 41.2 Å². The van der Waals surface area contributed by atoms with Gasteiger partial charge in [-0.3, -0.25) is 14.4 Å². The number of ketones is 1. The molecule has 238 valence electrons. The summed E-state index contributed by atoms with van der Waals surface area (Å²) >= 11 is 0. The van der Waals surface area contributed by atoms with Gasteiger partial charge in [0, 0.05) is 19.0 Å². The van der Waals surface area contributed by atoms with Crippen LogP contribution in [0.15, 0.2) is 66.9 Å². The second-order valence-electron chi connectivity index (χ2n) is 11.2. The second kappa shape index (κ2) is 12.4. The zero-order valence-corrected chi connectivity index (χ0v) is 24.9. The fourth-order valence-corrected chi connectivity index (χ4v) is 5.80. The molecule has 0 spiro atoms. The molecule has 0 aliphatic heterocycles. The summed E-state index contributed by atoms with van der Waals surface area (Å²) in [5, 5.41) is 29.1. The summed E-state index contributed by atoms with van der Waals surface area (Å²) in [7, 11) is 0. The number of Topliss-reactive ketones (excluding diaryl/α,β-unsaturated/α-hetero) is 1. The molecule has 4 N–H and O–H groups in total. The van der Waals surface area contributed by atoms with Crippen LogP contribution in [0.25, 0.3) is 5.65 Å². The van der Waals surface area contributed by atoms with Crippen LogP contribution in [-0.4, -0.2) is 48.4 Å². The molecule has 6 rings (SSSR count). The summed E-state index contributed by atoms with van der Waals surface area (Å²) in [5.74, 6) is -4.98. The lowest BCUT2D eigenvalue weighted by Gasteiger charge is -2.16. The molecule has 0 fully saturated rings. The molecular formula is C34H27F2N5O6. The van der Waals surface area contributed by atoms with Gasteiger partial charge in [0.05, 0.1) is 23.4 Å². The van der Waals surface area contributed by atoms with E-state index >= 15 is 0 Å². The molecule has 2 heterocycles. The van der Waals surface area contributed by atoms with Crippen molar-refractivity contribution >= 4 is 29.2 Å². The monoisotopic (exact) mass is 639 g/mol. The van der Waals surface area contributed by atoms with E-state index in [1.165, 1.54) is 36.5 Å². The van der Waals surface area contributed by atoms with E-state index in [9.17, 15) is 38.2 Å². The van der Waals surface area contributed by atoms with Crippen LogP contribution < -0.4 is 10.6 Å². The number of phenols is 1. The molecule has 5 aromatic rings. The number of hydrogen-bond acceptors (Lipinski definition) is 7. The van der Waals surface area contributed by atoms with Crippen LogP contribution in [0, 0.1) is 18.6 Å². The molecule has 0 unspecified atom stereocenters. The van der Waals surface area contributed by atoms with Crippen LogP contribution in [0.2, 0.25) is 0 Å². The number of rotatable bonds is 9. The van der Waals surface area contributed by atoms with Crippen LogP contribution in [-0.2, 0) is 19.4 Å². The average molecular weight is 640 g/mol. The Morgan fingerprint density at radius 2 is 1.77 bits per heavy atom. The number of nitrogens with one attached hydrogen (secondary N) is 2. The third-order valence-electron chi connectivity index (χ3n) is 8.18. The Morgan fingerprint density at radius 3 is 2.51 bits per heavy atom. The Bertz CT molecular complexity index is 2110. The van der Waals surface area contributed by atoms with Crippen molar-refractivity contribution in [1.29, 1.82) is 0 Å². The highest BCUT2D eigenvalue weighted by Crippen LogP contribution is 2.35. The normalized spacial score (nSPS) is 13.7. The van der Waals surface area contributed by atoms with E-state index in [0.717, 1.165) is 27.8 Å². The Kier molecular flexibility index (Phi) is 8.20. The SMILES string of the molecule is Cc1c(C(=O)O)ccc2c1CC[C@@H]2NC(=O)c1cc(C(=O)NCc2ccc(F)c(F)c2)nc2c(C(=O)Cc3cccc(O)c3)cnn12. The highest BCUT2D eigenvalue weighted by Gasteiger charge is 2.29. The first-order chi connectivity index (χ1) is 22.5. The lowest BCUT2D eigenvalue weighted by Crippen LogP contribution is -2.31.